The molecule has 1 aromatic heterocycles. The van der Waals surface area contributed by atoms with Crippen molar-refractivity contribution in [3.05, 3.63) is 11.1 Å². The van der Waals surface area contributed by atoms with Crippen LogP contribution in [0.15, 0.2) is 5.38 Å². The van der Waals surface area contributed by atoms with E-state index in [1.807, 2.05) is 13.8 Å². The molecule has 0 bridgehead atoms. The molecule has 0 aromatic carbocycles. The van der Waals surface area contributed by atoms with Crippen molar-refractivity contribution in [2.45, 2.75) is 26.3 Å². The van der Waals surface area contributed by atoms with Crippen LogP contribution in [0.5, 0.6) is 0 Å². The lowest BCUT2D eigenvalue weighted by Crippen LogP contribution is -2.42. The zero-order valence-corrected chi connectivity index (χ0v) is 11.5. The van der Waals surface area contributed by atoms with Crippen molar-refractivity contribution in [1.82, 2.24) is 9.88 Å². The zero-order valence-electron chi connectivity index (χ0n) is 10.6. The van der Waals surface area contributed by atoms with Crippen LogP contribution in [0.25, 0.3) is 0 Å². The van der Waals surface area contributed by atoms with Gasteiger partial charge in [0, 0.05) is 18.5 Å². The molecule has 7 heteroatoms. The summed E-state index contributed by atoms with van der Waals surface area (Å²) in [4.78, 5) is 28.4. The highest BCUT2D eigenvalue weighted by Gasteiger charge is 2.24. The first kappa shape index (κ1) is 14.4. The zero-order chi connectivity index (χ0) is 13.7. The molecule has 0 aliphatic heterocycles. The van der Waals surface area contributed by atoms with E-state index in [0.717, 1.165) is 0 Å². The summed E-state index contributed by atoms with van der Waals surface area (Å²) >= 11 is 1.32. The van der Waals surface area contributed by atoms with Crippen LogP contribution in [0.2, 0.25) is 0 Å². The van der Waals surface area contributed by atoms with E-state index in [9.17, 15) is 9.59 Å². The summed E-state index contributed by atoms with van der Waals surface area (Å²) in [5.41, 5.74) is 0.283. The lowest BCUT2D eigenvalue weighted by atomic mass is 10.2. The van der Waals surface area contributed by atoms with E-state index in [1.54, 1.807) is 12.4 Å². The van der Waals surface area contributed by atoms with E-state index in [2.05, 4.69) is 10.3 Å². The molecule has 1 heterocycles. The lowest BCUT2D eigenvalue weighted by Gasteiger charge is -2.26. The highest BCUT2D eigenvalue weighted by molar-refractivity contribution is 7.13. The largest absolute Gasteiger partial charge is 0.480 e. The fraction of sp³-hybridized carbons (Fsp3) is 0.545. The third-order valence-electron chi connectivity index (χ3n) is 2.63. The van der Waals surface area contributed by atoms with Gasteiger partial charge in [-0.3, -0.25) is 9.59 Å². The summed E-state index contributed by atoms with van der Waals surface area (Å²) in [7, 11) is 1.72. The number of amides is 1. The van der Waals surface area contributed by atoms with Crippen molar-refractivity contribution < 1.29 is 14.7 Å². The van der Waals surface area contributed by atoms with Gasteiger partial charge < -0.3 is 15.3 Å². The van der Waals surface area contributed by atoms with E-state index < -0.39 is 5.97 Å². The van der Waals surface area contributed by atoms with Crippen LogP contribution in [0.4, 0.5) is 5.13 Å². The molecule has 1 unspecified atom stereocenters. The summed E-state index contributed by atoms with van der Waals surface area (Å²) in [5.74, 6) is -1.36. The Labute approximate surface area is 110 Å². The smallest absolute Gasteiger partial charge is 0.323 e. The molecule has 1 rings (SSSR count). The van der Waals surface area contributed by atoms with Crippen molar-refractivity contribution in [3.63, 3.8) is 0 Å². The summed E-state index contributed by atoms with van der Waals surface area (Å²) in [6.45, 7) is 3.43. The fourth-order valence-electron chi connectivity index (χ4n) is 1.43. The topological polar surface area (TPSA) is 82.5 Å². The molecule has 18 heavy (non-hydrogen) atoms. The first-order valence-corrected chi connectivity index (χ1v) is 6.53. The molecule has 0 aliphatic rings. The third kappa shape index (κ3) is 3.43. The van der Waals surface area contributed by atoms with E-state index >= 15 is 0 Å². The van der Waals surface area contributed by atoms with Gasteiger partial charge in [0.2, 0.25) is 0 Å². The molecule has 0 fully saturated rings. The predicted octanol–water partition coefficient (Wildman–Crippen LogP) is 1.51. The molecule has 6 nitrogen and oxygen atoms in total. The van der Waals surface area contributed by atoms with Crippen LogP contribution in [0.1, 0.15) is 30.8 Å². The Morgan fingerprint density at radius 2 is 2.28 bits per heavy atom. The number of nitrogens with one attached hydrogen (secondary N) is 1. The van der Waals surface area contributed by atoms with E-state index in [-0.39, 0.29) is 24.2 Å². The molecule has 1 amide bonds. The average molecular weight is 271 g/mol. The van der Waals surface area contributed by atoms with Gasteiger partial charge in [-0.15, -0.1) is 11.3 Å². The first-order chi connectivity index (χ1) is 8.49. The van der Waals surface area contributed by atoms with Crippen LogP contribution < -0.4 is 5.32 Å². The summed E-state index contributed by atoms with van der Waals surface area (Å²) in [6.07, 6.45) is 0.696. The average Bonchev–Trinajstić information content (AvgIpc) is 2.82. The van der Waals surface area contributed by atoms with Crippen molar-refractivity contribution >= 4 is 28.3 Å². The number of nitrogens with zero attached hydrogens (tertiary/aromatic N) is 2. The highest BCUT2D eigenvalue weighted by atomic mass is 32.1. The van der Waals surface area contributed by atoms with Gasteiger partial charge in [0.05, 0.1) is 0 Å². The number of carboxylic acid groups (broad SMARTS) is 1. The van der Waals surface area contributed by atoms with Gasteiger partial charge in [0.25, 0.3) is 5.91 Å². The van der Waals surface area contributed by atoms with E-state index in [0.29, 0.717) is 11.6 Å². The molecule has 0 saturated carbocycles. The van der Waals surface area contributed by atoms with Crippen LogP contribution in [0.3, 0.4) is 0 Å². The monoisotopic (exact) mass is 271 g/mol. The maximum Gasteiger partial charge on any atom is 0.323 e. The maximum atomic E-state index is 12.2. The first-order valence-electron chi connectivity index (χ1n) is 5.65. The summed E-state index contributed by atoms with van der Waals surface area (Å²) < 4.78 is 0. The number of hydrogen-bond acceptors (Lipinski definition) is 5. The Morgan fingerprint density at radius 1 is 1.61 bits per heavy atom. The molecule has 2 N–H and O–H groups in total. The number of anilines is 1. The van der Waals surface area contributed by atoms with E-state index in [4.69, 9.17) is 5.11 Å². The minimum Gasteiger partial charge on any atom is -0.480 e. The molecule has 0 radical (unpaired) electrons. The molecule has 0 saturated heterocycles. The Bertz CT molecular complexity index is 433. The lowest BCUT2D eigenvalue weighted by molar-refractivity contribution is -0.138. The fourth-order valence-corrected chi connectivity index (χ4v) is 2.07. The van der Waals surface area contributed by atoms with Crippen LogP contribution in [-0.4, -0.2) is 46.5 Å². The standard InChI is InChI=1S/C11H17N3O3S/c1-4-7(2)14(5-9(15)16)10(17)8-6-18-11(12-3)13-8/h6-7H,4-5H2,1-3H3,(H,12,13)(H,15,16). The Balaban J connectivity index is 2.90. The van der Waals surface area contributed by atoms with Gasteiger partial charge in [-0.25, -0.2) is 4.98 Å². The van der Waals surface area contributed by atoms with Crippen LogP contribution in [0, 0.1) is 0 Å². The van der Waals surface area contributed by atoms with Gasteiger partial charge in [-0.2, -0.15) is 0 Å². The predicted molar refractivity (Wildman–Crippen MR) is 70.1 cm³/mol. The van der Waals surface area contributed by atoms with Crippen molar-refractivity contribution in [2.24, 2.45) is 0 Å². The number of carboxylic acids is 1. The highest BCUT2D eigenvalue weighted by Crippen LogP contribution is 2.17. The number of aromatic nitrogens is 1. The summed E-state index contributed by atoms with van der Waals surface area (Å²) in [5, 5.41) is 14.0. The molecular weight excluding hydrogens is 254 g/mol. The van der Waals surface area contributed by atoms with Crippen LogP contribution in [-0.2, 0) is 4.79 Å². The normalized spacial score (nSPS) is 11.9. The van der Waals surface area contributed by atoms with Gasteiger partial charge in [0.15, 0.2) is 5.13 Å². The molecule has 0 aliphatic carbocycles. The molecular formula is C11H17N3O3S. The molecule has 100 valence electrons. The number of carbonyl (C=O) groups excluding carboxylic acids is 1. The minimum atomic E-state index is -1.02. The van der Waals surface area contributed by atoms with Gasteiger partial charge >= 0.3 is 5.97 Å². The Morgan fingerprint density at radius 3 is 2.72 bits per heavy atom. The van der Waals surface area contributed by atoms with Crippen LogP contribution >= 0.6 is 11.3 Å². The number of hydrogen-bond donors (Lipinski definition) is 2. The maximum absolute atomic E-state index is 12.2. The number of thiazole rings is 1. The van der Waals surface area contributed by atoms with Crippen molar-refractivity contribution in [3.8, 4) is 0 Å². The second kappa shape index (κ2) is 6.34. The number of rotatable bonds is 6. The van der Waals surface area contributed by atoms with Crippen molar-refractivity contribution in [2.75, 3.05) is 18.9 Å². The molecule has 0 spiro atoms. The molecule has 1 aromatic rings. The van der Waals surface area contributed by atoms with Gasteiger partial charge in [-0.05, 0) is 13.3 Å². The van der Waals surface area contributed by atoms with Gasteiger partial charge in [-0.1, -0.05) is 6.92 Å². The summed E-state index contributed by atoms with van der Waals surface area (Å²) in [6, 6.07) is -0.131. The Kier molecular flexibility index (Phi) is 5.08. The quantitative estimate of drug-likeness (QED) is 0.819. The molecule has 1 atom stereocenters. The Hall–Kier alpha value is -1.63. The van der Waals surface area contributed by atoms with Gasteiger partial charge in [0.1, 0.15) is 12.2 Å². The minimum absolute atomic E-state index is 0.131. The second-order valence-electron chi connectivity index (χ2n) is 3.87. The van der Waals surface area contributed by atoms with Crippen molar-refractivity contribution in [1.29, 1.82) is 0 Å². The SMILES string of the molecule is CCC(C)N(CC(=O)O)C(=O)c1csc(NC)n1. The number of aliphatic carboxylic acids is 1. The van der Waals surface area contributed by atoms with E-state index in [1.165, 1.54) is 16.2 Å². The third-order valence-corrected chi connectivity index (χ3v) is 3.49. The number of carbonyl (C=O) groups is 2. The second-order valence-corrected chi connectivity index (χ2v) is 4.73.